The van der Waals surface area contributed by atoms with Crippen LogP contribution in [0.4, 0.5) is 5.69 Å². The normalized spacial score (nSPS) is 10.3. The Labute approximate surface area is 95.0 Å². The molecule has 0 aliphatic carbocycles. The Bertz CT molecular complexity index is 534. The van der Waals surface area contributed by atoms with E-state index < -0.39 is 5.91 Å². The molecular formula is C8H7ClN6O. The van der Waals surface area contributed by atoms with Crippen molar-refractivity contribution in [2.75, 3.05) is 5.73 Å². The summed E-state index contributed by atoms with van der Waals surface area (Å²) in [6.45, 7) is 0. The van der Waals surface area contributed by atoms with Crippen LogP contribution in [0.15, 0.2) is 18.6 Å². The summed E-state index contributed by atoms with van der Waals surface area (Å²) in [5.41, 5.74) is 10.8. The topological polar surface area (TPSA) is 113 Å². The van der Waals surface area contributed by atoms with Gasteiger partial charge in [0.2, 0.25) is 0 Å². The van der Waals surface area contributed by atoms with Crippen molar-refractivity contribution in [1.82, 2.24) is 19.7 Å². The molecule has 4 N–H and O–H groups in total. The zero-order chi connectivity index (χ0) is 11.7. The Kier molecular flexibility index (Phi) is 2.45. The van der Waals surface area contributed by atoms with E-state index in [0.717, 1.165) is 0 Å². The van der Waals surface area contributed by atoms with Gasteiger partial charge in [0.15, 0.2) is 5.69 Å². The number of aromatic nitrogens is 4. The van der Waals surface area contributed by atoms with Crippen LogP contribution in [0.25, 0.3) is 5.95 Å². The summed E-state index contributed by atoms with van der Waals surface area (Å²) < 4.78 is 1.26. The van der Waals surface area contributed by atoms with Crippen molar-refractivity contribution >= 4 is 23.2 Å². The molecule has 0 aliphatic rings. The van der Waals surface area contributed by atoms with E-state index >= 15 is 0 Å². The first-order valence-corrected chi connectivity index (χ1v) is 4.58. The first-order valence-electron chi connectivity index (χ1n) is 4.21. The lowest BCUT2D eigenvalue weighted by Crippen LogP contribution is -2.14. The van der Waals surface area contributed by atoms with Gasteiger partial charge >= 0.3 is 0 Å². The molecule has 0 spiro atoms. The molecule has 82 valence electrons. The molecule has 0 saturated heterocycles. The molecule has 16 heavy (non-hydrogen) atoms. The molecule has 8 heteroatoms. The van der Waals surface area contributed by atoms with Crippen LogP contribution in [0.5, 0.6) is 0 Å². The van der Waals surface area contributed by atoms with Crippen LogP contribution >= 0.6 is 11.6 Å². The average Bonchev–Trinajstić information content (AvgIpc) is 2.61. The monoisotopic (exact) mass is 238 g/mol. The van der Waals surface area contributed by atoms with Crippen LogP contribution in [-0.2, 0) is 0 Å². The smallest absolute Gasteiger partial charge is 0.271 e. The maximum Gasteiger partial charge on any atom is 0.271 e. The Balaban J connectivity index is 2.45. The molecule has 2 aromatic rings. The van der Waals surface area contributed by atoms with Crippen molar-refractivity contribution in [2.24, 2.45) is 5.73 Å². The maximum atomic E-state index is 10.9. The number of nitrogens with two attached hydrogens (primary N) is 2. The number of carbonyl (C=O) groups excluding carboxylic acids is 1. The number of hydrogen-bond acceptors (Lipinski definition) is 5. The first kappa shape index (κ1) is 10.4. The summed E-state index contributed by atoms with van der Waals surface area (Å²) in [5.74, 6) is -0.450. The third-order valence-corrected chi connectivity index (χ3v) is 1.98. The second-order valence-corrected chi connectivity index (χ2v) is 3.38. The molecule has 0 saturated carbocycles. The van der Waals surface area contributed by atoms with Crippen molar-refractivity contribution < 1.29 is 4.79 Å². The van der Waals surface area contributed by atoms with Gasteiger partial charge in [0.25, 0.3) is 11.9 Å². The number of carbonyl (C=O) groups is 1. The molecule has 0 fully saturated rings. The molecule has 0 aromatic carbocycles. The van der Waals surface area contributed by atoms with Gasteiger partial charge in [-0.25, -0.2) is 14.6 Å². The second kappa shape index (κ2) is 3.78. The Morgan fingerprint density at radius 3 is 2.50 bits per heavy atom. The van der Waals surface area contributed by atoms with Crippen LogP contribution in [0.1, 0.15) is 10.5 Å². The predicted octanol–water partition coefficient (Wildman–Crippen LogP) is -0.00320. The van der Waals surface area contributed by atoms with Crippen LogP contribution in [-0.4, -0.2) is 25.7 Å². The number of primary amides is 1. The van der Waals surface area contributed by atoms with Crippen molar-refractivity contribution in [3.05, 3.63) is 29.3 Å². The third-order valence-electron chi connectivity index (χ3n) is 1.79. The van der Waals surface area contributed by atoms with Gasteiger partial charge in [0.05, 0.1) is 29.3 Å². The molecule has 0 radical (unpaired) electrons. The summed E-state index contributed by atoms with van der Waals surface area (Å²) in [6.07, 6.45) is 4.22. The third kappa shape index (κ3) is 1.80. The zero-order valence-electron chi connectivity index (χ0n) is 7.96. The van der Waals surface area contributed by atoms with Crippen LogP contribution in [0.3, 0.4) is 0 Å². The van der Waals surface area contributed by atoms with Crippen molar-refractivity contribution in [1.29, 1.82) is 0 Å². The van der Waals surface area contributed by atoms with Gasteiger partial charge in [0.1, 0.15) is 0 Å². The number of halogens is 1. The number of hydrogen-bond donors (Lipinski definition) is 2. The Hall–Kier alpha value is -2.15. The molecule has 0 bridgehead atoms. The minimum absolute atomic E-state index is 0.0152. The zero-order valence-corrected chi connectivity index (χ0v) is 8.72. The maximum absolute atomic E-state index is 10.9. The van der Waals surface area contributed by atoms with E-state index in [4.69, 9.17) is 23.1 Å². The minimum Gasteiger partial charge on any atom is -0.395 e. The quantitative estimate of drug-likeness (QED) is 0.764. The summed E-state index contributed by atoms with van der Waals surface area (Å²) >= 11 is 5.63. The SMILES string of the molecule is NC(=O)c1nn(-c2ncc(Cl)cn2)cc1N. The molecule has 0 aliphatic heterocycles. The number of nitrogen functional groups attached to an aromatic ring is 1. The highest BCUT2D eigenvalue weighted by Crippen LogP contribution is 2.11. The summed E-state index contributed by atoms with van der Waals surface area (Å²) in [6, 6.07) is 0. The van der Waals surface area contributed by atoms with E-state index in [2.05, 4.69) is 15.1 Å². The van der Waals surface area contributed by atoms with Gasteiger partial charge in [-0.1, -0.05) is 11.6 Å². The van der Waals surface area contributed by atoms with E-state index in [-0.39, 0.29) is 17.3 Å². The molecule has 2 rings (SSSR count). The molecular weight excluding hydrogens is 232 g/mol. The lowest BCUT2D eigenvalue weighted by molar-refractivity contribution is 0.0996. The summed E-state index contributed by atoms with van der Waals surface area (Å²) in [4.78, 5) is 18.7. The molecule has 7 nitrogen and oxygen atoms in total. The first-order chi connectivity index (χ1) is 7.58. The molecule has 0 unspecified atom stereocenters. The van der Waals surface area contributed by atoms with Crippen LogP contribution < -0.4 is 11.5 Å². The van der Waals surface area contributed by atoms with Gasteiger partial charge in [0, 0.05) is 0 Å². The van der Waals surface area contributed by atoms with Gasteiger partial charge in [-0.15, -0.1) is 0 Å². The predicted molar refractivity (Wildman–Crippen MR) is 57.1 cm³/mol. The fourth-order valence-corrected chi connectivity index (χ4v) is 1.20. The van der Waals surface area contributed by atoms with E-state index in [9.17, 15) is 4.79 Å². The average molecular weight is 239 g/mol. The van der Waals surface area contributed by atoms with E-state index in [0.29, 0.717) is 5.02 Å². The Morgan fingerprint density at radius 1 is 1.38 bits per heavy atom. The fraction of sp³-hybridized carbons (Fsp3) is 0. The van der Waals surface area contributed by atoms with E-state index in [1.807, 2.05) is 0 Å². The Morgan fingerprint density at radius 2 is 2.00 bits per heavy atom. The molecule has 2 aromatic heterocycles. The largest absolute Gasteiger partial charge is 0.395 e. The molecule has 2 heterocycles. The van der Waals surface area contributed by atoms with Crippen molar-refractivity contribution in [2.45, 2.75) is 0 Å². The van der Waals surface area contributed by atoms with E-state index in [1.54, 1.807) is 0 Å². The second-order valence-electron chi connectivity index (χ2n) is 2.94. The number of anilines is 1. The van der Waals surface area contributed by atoms with Gasteiger partial charge in [-0.3, -0.25) is 4.79 Å². The van der Waals surface area contributed by atoms with Gasteiger partial charge < -0.3 is 11.5 Å². The van der Waals surface area contributed by atoms with Crippen molar-refractivity contribution in [3.63, 3.8) is 0 Å². The highest BCUT2D eigenvalue weighted by atomic mass is 35.5. The number of amides is 1. The summed E-state index contributed by atoms with van der Waals surface area (Å²) in [7, 11) is 0. The standard InChI is InChI=1S/C8H7ClN6O/c9-4-1-12-8(13-2-4)15-3-5(10)6(14-15)7(11)16/h1-3H,10H2,(H2,11,16). The lowest BCUT2D eigenvalue weighted by atomic mass is 10.4. The van der Waals surface area contributed by atoms with Crippen LogP contribution in [0, 0.1) is 0 Å². The fourth-order valence-electron chi connectivity index (χ4n) is 1.10. The highest BCUT2D eigenvalue weighted by molar-refractivity contribution is 6.30. The lowest BCUT2D eigenvalue weighted by Gasteiger charge is -1.97. The summed E-state index contributed by atoms with van der Waals surface area (Å²) in [5, 5.41) is 4.26. The van der Waals surface area contributed by atoms with Gasteiger partial charge in [-0.05, 0) is 0 Å². The molecule has 0 atom stereocenters. The molecule has 1 amide bonds. The number of nitrogens with zero attached hydrogens (tertiary/aromatic N) is 4. The highest BCUT2D eigenvalue weighted by Gasteiger charge is 2.13. The van der Waals surface area contributed by atoms with E-state index in [1.165, 1.54) is 23.3 Å². The van der Waals surface area contributed by atoms with Crippen LogP contribution in [0.2, 0.25) is 5.02 Å². The van der Waals surface area contributed by atoms with Crippen molar-refractivity contribution in [3.8, 4) is 5.95 Å². The minimum atomic E-state index is -0.704. The number of rotatable bonds is 2. The van der Waals surface area contributed by atoms with Gasteiger partial charge in [-0.2, -0.15) is 5.10 Å².